The third kappa shape index (κ3) is 5.17. The van der Waals surface area contributed by atoms with Crippen LogP contribution in [-0.2, 0) is 14.6 Å². The number of halogens is 2. The van der Waals surface area contributed by atoms with Crippen LogP contribution in [0.15, 0.2) is 0 Å². The molecule has 1 heterocycles. The van der Waals surface area contributed by atoms with Crippen LogP contribution in [0.25, 0.3) is 0 Å². The molecular formula is C7H11Br2NO4S. The maximum atomic E-state index is 11.1. The highest BCUT2D eigenvalue weighted by atomic mass is 79.9. The molecule has 1 rings (SSSR count). The van der Waals surface area contributed by atoms with Gasteiger partial charge in [-0.1, -0.05) is 31.9 Å². The van der Waals surface area contributed by atoms with E-state index in [0.29, 0.717) is 6.42 Å². The molecule has 1 amide bonds. The zero-order valence-electron chi connectivity index (χ0n) is 7.78. The van der Waals surface area contributed by atoms with E-state index >= 15 is 0 Å². The third-order valence-corrected chi connectivity index (χ3v) is 4.19. The molecule has 1 aliphatic rings. The number of hydrogen-bond donors (Lipinski definition) is 1. The lowest BCUT2D eigenvalue weighted by atomic mass is 10.3. The molecule has 0 aliphatic carbocycles. The van der Waals surface area contributed by atoms with Crippen molar-refractivity contribution in [1.29, 1.82) is 0 Å². The average Bonchev–Trinajstić information content (AvgIpc) is 2.42. The Kier molecular flexibility index (Phi) is 4.85. The van der Waals surface area contributed by atoms with Crippen molar-refractivity contribution >= 4 is 47.8 Å². The smallest absolute Gasteiger partial charge is 0.407 e. The summed E-state index contributed by atoms with van der Waals surface area (Å²) in [5.41, 5.74) is 0. The number of alkyl carbamates (subject to hydrolysis) is 1. The molecule has 5 nitrogen and oxygen atoms in total. The van der Waals surface area contributed by atoms with E-state index in [9.17, 15) is 13.2 Å². The Bertz CT molecular complexity index is 330. The molecule has 8 heteroatoms. The number of carbonyl (C=O) groups excluding carboxylic acids is 1. The molecule has 0 aromatic rings. The van der Waals surface area contributed by atoms with E-state index in [4.69, 9.17) is 4.74 Å². The second-order valence-corrected chi connectivity index (χ2v) is 8.90. The summed E-state index contributed by atoms with van der Waals surface area (Å²) in [4.78, 5) is 11.1. The molecule has 0 spiro atoms. The lowest BCUT2D eigenvalue weighted by molar-refractivity contribution is 0.149. The van der Waals surface area contributed by atoms with Gasteiger partial charge in [0.25, 0.3) is 0 Å². The SMILES string of the molecule is O=C(N[C@@H]1CCS(=O)(=O)C1)OCC(Br)Br. The summed E-state index contributed by atoms with van der Waals surface area (Å²) in [6.45, 7) is 0.186. The van der Waals surface area contributed by atoms with Crippen molar-refractivity contribution in [3.05, 3.63) is 0 Å². The van der Waals surface area contributed by atoms with Crippen molar-refractivity contribution in [3.8, 4) is 0 Å². The molecule has 88 valence electrons. The lowest BCUT2D eigenvalue weighted by Crippen LogP contribution is -2.36. The highest BCUT2D eigenvalue weighted by Crippen LogP contribution is 2.12. The zero-order valence-corrected chi connectivity index (χ0v) is 11.8. The van der Waals surface area contributed by atoms with Crippen LogP contribution in [0, 0.1) is 0 Å². The number of sulfone groups is 1. The summed E-state index contributed by atoms with van der Waals surface area (Å²) in [7, 11) is -2.96. The molecule has 0 aromatic heterocycles. The summed E-state index contributed by atoms with van der Waals surface area (Å²) in [6, 6.07) is -0.313. The summed E-state index contributed by atoms with van der Waals surface area (Å²) in [5.74, 6) is 0.144. The first-order chi connectivity index (χ1) is 6.89. The van der Waals surface area contributed by atoms with Crippen LogP contribution in [0.1, 0.15) is 6.42 Å². The van der Waals surface area contributed by atoms with Gasteiger partial charge in [-0.05, 0) is 6.42 Å². The zero-order chi connectivity index (χ0) is 11.5. The average molecular weight is 365 g/mol. The number of ether oxygens (including phenoxy) is 1. The van der Waals surface area contributed by atoms with E-state index in [1.165, 1.54) is 0 Å². The molecule has 0 unspecified atom stereocenters. The van der Waals surface area contributed by atoms with E-state index in [-0.39, 0.29) is 27.9 Å². The van der Waals surface area contributed by atoms with Gasteiger partial charge in [0.2, 0.25) is 0 Å². The molecule has 1 N–H and O–H groups in total. The Morgan fingerprint density at radius 1 is 1.53 bits per heavy atom. The van der Waals surface area contributed by atoms with Gasteiger partial charge in [0.15, 0.2) is 9.84 Å². The Morgan fingerprint density at radius 2 is 2.20 bits per heavy atom. The highest BCUT2D eigenvalue weighted by molar-refractivity contribution is 9.24. The van der Waals surface area contributed by atoms with Gasteiger partial charge >= 0.3 is 6.09 Å². The van der Waals surface area contributed by atoms with E-state index in [1.807, 2.05) is 0 Å². The first-order valence-corrected chi connectivity index (χ1v) is 7.96. The topological polar surface area (TPSA) is 72.5 Å². The number of amides is 1. The minimum absolute atomic E-state index is 0.00809. The van der Waals surface area contributed by atoms with Gasteiger partial charge in [-0.15, -0.1) is 0 Å². The van der Waals surface area contributed by atoms with Gasteiger partial charge in [-0.2, -0.15) is 0 Å². The van der Waals surface area contributed by atoms with Gasteiger partial charge < -0.3 is 10.1 Å². The molecule has 1 fully saturated rings. The van der Waals surface area contributed by atoms with Crippen LogP contribution in [0.2, 0.25) is 0 Å². The molecule has 0 bridgehead atoms. The van der Waals surface area contributed by atoms with Gasteiger partial charge in [0.1, 0.15) is 10.3 Å². The van der Waals surface area contributed by atoms with Crippen molar-refractivity contribution in [2.45, 2.75) is 16.2 Å². The maximum absolute atomic E-state index is 11.1. The van der Waals surface area contributed by atoms with Crippen molar-refractivity contribution in [2.75, 3.05) is 18.1 Å². The van der Waals surface area contributed by atoms with Crippen molar-refractivity contribution in [2.24, 2.45) is 0 Å². The van der Waals surface area contributed by atoms with Crippen LogP contribution in [-0.4, -0.2) is 42.4 Å². The predicted octanol–water partition coefficient (Wildman–Crippen LogP) is 1.02. The number of alkyl halides is 2. The molecule has 1 aliphatic heterocycles. The fourth-order valence-electron chi connectivity index (χ4n) is 1.26. The van der Waals surface area contributed by atoms with Crippen LogP contribution in [0.5, 0.6) is 0 Å². The van der Waals surface area contributed by atoms with Gasteiger partial charge in [-0.25, -0.2) is 13.2 Å². The second kappa shape index (κ2) is 5.49. The molecule has 0 saturated carbocycles. The maximum Gasteiger partial charge on any atom is 0.407 e. The second-order valence-electron chi connectivity index (χ2n) is 3.23. The summed E-state index contributed by atoms with van der Waals surface area (Å²) >= 11 is 6.30. The Hall–Kier alpha value is 0.180. The first-order valence-electron chi connectivity index (χ1n) is 4.31. The van der Waals surface area contributed by atoms with Gasteiger partial charge in [0.05, 0.1) is 11.5 Å². The lowest BCUT2D eigenvalue weighted by Gasteiger charge is -2.11. The largest absolute Gasteiger partial charge is 0.447 e. The first kappa shape index (κ1) is 13.2. The quantitative estimate of drug-likeness (QED) is 0.759. The third-order valence-electron chi connectivity index (χ3n) is 1.89. The summed E-state index contributed by atoms with van der Waals surface area (Å²) in [6.07, 6.45) is -0.121. The molecule has 1 atom stereocenters. The number of rotatable bonds is 3. The molecule has 0 radical (unpaired) electrons. The van der Waals surface area contributed by atoms with Gasteiger partial charge in [-0.3, -0.25) is 0 Å². The van der Waals surface area contributed by atoms with Crippen LogP contribution < -0.4 is 5.32 Å². The Morgan fingerprint density at radius 3 is 2.67 bits per heavy atom. The van der Waals surface area contributed by atoms with E-state index in [1.54, 1.807) is 0 Å². The van der Waals surface area contributed by atoms with Crippen LogP contribution in [0.4, 0.5) is 4.79 Å². The molecule has 15 heavy (non-hydrogen) atoms. The standard InChI is InChI=1S/C7H11Br2NO4S/c8-6(9)3-14-7(11)10-5-1-2-15(12,13)4-5/h5-6H,1-4H2,(H,10,11)/t5-/m1/s1. The van der Waals surface area contributed by atoms with E-state index < -0.39 is 15.9 Å². The van der Waals surface area contributed by atoms with Crippen molar-refractivity contribution in [1.82, 2.24) is 5.32 Å². The van der Waals surface area contributed by atoms with E-state index in [0.717, 1.165) is 0 Å². The fourth-order valence-corrected chi connectivity index (χ4v) is 3.19. The van der Waals surface area contributed by atoms with Gasteiger partial charge in [0, 0.05) is 6.04 Å². The minimum atomic E-state index is -2.96. The van der Waals surface area contributed by atoms with Crippen molar-refractivity contribution in [3.63, 3.8) is 0 Å². The fraction of sp³-hybridized carbons (Fsp3) is 0.857. The number of carbonyl (C=O) groups is 1. The number of hydrogen-bond acceptors (Lipinski definition) is 4. The normalized spacial score (nSPS) is 24.1. The van der Waals surface area contributed by atoms with Crippen LogP contribution >= 0.6 is 31.9 Å². The minimum Gasteiger partial charge on any atom is -0.447 e. The number of nitrogens with one attached hydrogen (secondary N) is 1. The Balaban J connectivity index is 2.28. The predicted molar refractivity (Wildman–Crippen MR) is 63.2 cm³/mol. The Labute approximate surface area is 105 Å². The summed E-state index contributed by atoms with van der Waals surface area (Å²) in [5, 5.41) is 2.51. The van der Waals surface area contributed by atoms with Crippen LogP contribution in [0.3, 0.4) is 0 Å². The molecular weight excluding hydrogens is 354 g/mol. The van der Waals surface area contributed by atoms with Crippen molar-refractivity contribution < 1.29 is 17.9 Å². The molecule has 1 saturated heterocycles. The highest BCUT2D eigenvalue weighted by Gasteiger charge is 2.29. The van der Waals surface area contributed by atoms with E-state index in [2.05, 4.69) is 37.2 Å². The summed E-state index contributed by atoms with van der Waals surface area (Å²) < 4.78 is 26.9. The molecule has 0 aromatic carbocycles. The monoisotopic (exact) mass is 363 g/mol.